The number of amides is 1. The van der Waals surface area contributed by atoms with E-state index in [1.165, 1.54) is 4.90 Å². The molecule has 0 atom stereocenters. The molecule has 1 amide bonds. The van der Waals surface area contributed by atoms with E-state index in [1.807, 2.05) is 6.07 Å². The number of rotatable bonds is 6. The van der Waals surface area contributed by atoms with Crippen molar-refractivity contribution in [2.45, 2.75) is 13.5 Å². The lowest BCUT2D eigenvalue weighted by atomic mass is 10.1. The quantitative estimate of drug-likeness (QED) is 0.709. The predicted octanol–water partition coefficient (Wildman–Crippen LogP) is 2.94. The van der Waals surface area contributed by atoms with Gasteiger partial charge in [-0.05, 0) is 36.8 Å². The second kappa shape index (κ2) is 8.69. The van der Waals surface area contributed by atoms with Crippen molar-refractivity contribution in [2.24, 2.45) is 0 Å². The van der Waals surface area contributed by atoms with E-state index in [0.717, 1.165) is 17.7 Å². The summed E-state index contributed by atoms with van der Waals surface area (Å²) in [6, 6.07) is 7.75. The van der Waals surface area contributed by atoms with Crippen molar-refractivity contribution >= 4 is 11.9 Å². The van der Waals surface area contributed by atoms with E-state index < -0.39 is 30.1 Å². The molecule has 0 saturated heterocycles. The number of hydrogen-bond acceptors (Lipinski definition) is 5. The van der Waals surface area contributed by atoms with E-state index in [4.69, 9.17) is 14.2 Å². The number of fused-ring (bicyclic) bond motifs is 1. The molecule has 0 aromatic heterocycles. The van der Waals surface area contributed by atoms with Gasteiger partial charge >= 0.3 is 5.97 Å². The maximum Gasteiger partial charge on any atom is 0.338 e. The van der Waals surface area contributed by atoms with Crippen molar-refractivity contribution in [3.8, 4) is 11.5 Å². The van der Waals surface area contributed by atoms with Gasteiger partial charge in [0.2, 0.25) is 0 Å². The molecule has 0 fully saturated rings. The van der Waals surface area contributed by atoms with Crippen LogP contribution in [0.25, 0.3) is 0 Å². The predicted molar refractivity (Wildman–Crippen MR) is 95.2 cm³/mol. The summed E-state index contributed by atoms with van der Waals surface area (Å²) in [6.45, 7) is 2.89. The minimum atomic E-state index is -0.970. The number of halogens is 2. The zero-order chi connectivity index (χ0) is 20.1. The van der Waals surface area contributed by atoms with Crippen LogP contribution < -0.4 is 9.47 Å². The first-order valence-corrected chi connectivity index (χ1v) is 8.75. The zero-order valence-corrected chi connectivity index (χ0v) is 15.2. The Balaban J connectivity index is 1.59. The van der Waals surface area contributed by atoms with E-state index in [-0.39, 0.29) is 12.1 Å². The smallest absolute Gasteiger partial charge is 0.338 e. The van der Waals surface area contributed by atoms with E-state index in [2.05, 4.69) is 0 Å². The highest BCUT2D eigenvalue weighted by molar-refractivity contribution is 5.91. The van der Waals surface area contributed by atoms with Gasteiger partial charge < -0.3 is 19.1 Å². The van der Waals surface area contributed by atoms with Crippen LogP contribution in [-0.2, 0) is 16.1 Å². The standard InChI is InChI=1S/C20H19F2NO5/c1-2-23(11-13-3-4-17-18(7-13)27-6-5-26-17)19(24)12-28-20(25)14-8-15(21)10-16(22)9-14/h3-4,7-10H,2,5-6,11-12H2,1H3. The summed E-state index contributed by atoms with van der Waals surface area (Å²) in [4.78, 5) is 25.8. The second-order valence-corrected chi connectivity index (χ2v) is 6.12. The summed E-state index contributed by atoms with van der Waals surface area (Å²) in [5.74, 6) is -1.92. The number of ether oxygens (including phenoxy) is 3. The third-order valence-electron chi connectivity index (χ3n) is 4.14. The van der Waals surface area contributed by atoms with E-state index in [9.17, 15) is 18.4 Å². The van der Waals surface area contributed by atoms with Gasteiger partial charge in [0.25, 0.3) is 5.91 Å². The molecule has 148 valence electrons. The molecule has 2 aromatic carbocycles. The number of likely N-dealkylation sites (N-methyl/N-ethyl adjacent to an activating group) is 1. The van der Waals surface area contributed by atoms with Gasteiger partial charge in [0, 0.05) is 19.2 Å². The maximum absolute atomic E-state index is 13.2. The molecule has 0 aliphatic carbocycles. The third-order valence-corrected chi connectivity index (χ3v) is 4.14. The molecule has 3 rings (SSSR count). The Bertz CT molecular complexity index is 867. The van der Waals surface area contributed by atoms with Crippen molar-refractivity contribution in [1.29, 1.82) is 0 Å². The van der Waals surface area contributed by atoms with Crippen LogP contribution in [0, 0.1) is 11.6 Å². The van der Waals surface area contributed by atoms with Crippen LogP contribution in [0.4, 0.5) is 8.78 Å². The molecule has 0 saturated carbocycles. The molecule has 0 spiro atoms. The van der Waals surface area contributed by atoms with E-state index in [0.29, 0.717) is 37.3 Å². The number of hydrogen-bond donors (Lipinski definition) is 0. The first-order chi connectivity index (χ1) is 13.5. The molecule has 1 heterocycles. The van der Waals surface area contributed by atoms with Crippen LogP contribution >= 0.6 is 0 Å². The fraction of sp³-hybridized carbons (Fsp3) is 0.300. The summed E-state index contributed by atoms with van der Waals surface area (Å²) < 4.78 is 42.3. The minimum Gasteiger partial charge on any atom is -0.486 e. The average Bonchev–Trinajstić information content (AvgIpc) is 2.69. The number of carbonyl (C=O) groups excluding carboxylic acids is 2. The van der Waals surface area contributed by atoms with Crippen LogP contribution in [0.3, 0.4) is 0 Å². The summed E-state index contributed by atoms with van der Waals surface area (Å²) in [5.41, 5.74) is 0.540. The van der Waals surface area contributed by atoms with Gasteiger partial charge in [0.05, 0.1) is 5.56 Å². The minimum absolute atomic E-state index is 0.290. The van der Waals surface area contributed by atoms with Crippen LogP contribution in [0.5, 0.6) is 11.5 Å². The molecular weight excluding hydrogens is 372 g/mol. The Morgan fingerprint density at radius 3 is 2.39 bits per heavy atom. The van der Waals surface area contributed by atoms with Crippen LogP contribution in [-0.4, -0.2) is 43.1 Å². The zero-order valence-electron chi connectivity index (χ0n) is 15.2. The molecule has 28 heavy (non-hydrogen) atoms. The fourth-order valence-electron chi connectivity index (χ4n) is 2.76. The maximum atomic E-state index is 13.2. The van der Waals surface area contributed by atoms with Gasteiger partial charge in [-0.3, -0.25) is 4.79 Å². The topological polar surface area (TPSA) is 65.1 Å². The number of esters is 1. The first kappa shape index (κ1) is 19.6. The van der Waals surface area contributed by atoms with Gasteiger partial charge in [-0.25, -0.2) is 13.6 Å². The van der Waals surface area contributed by atoms with Gasteiger partial charge in [0.1, 0.15) is 24.8 Å². The molecule has 2 aromatic rings. The Morgan fingerprint density at radius 1 is 1.04 bits per heavy atom. The molecule has 8 heteroatoms. The van der Waals surface area contributed by atoms with Gasteiger partial charge in [-0.1, -0.05) is 6.07 Å². The summed E-state index contributed by atoms with van der Waals surface area (Å²) in [7, 11) is 0. The highest BCUT2D eigenvalue weighted by Crippen LogP contribution is 2.31. The van der Waals surface area contributed by atoms with Gasteiger partial charge in [-0.15, -0.1) is 0 Å². The van der Waals surface area contributed by atoms with E-state index >= 15 is 0 Å². The van der Waals surface area contributed by atoms with Crippen LogP contribution in [0.2, 0.25) is 0 Å². The lowest BCUT2D eigenvalue weighted by Gasteiger charge is -2.23. The molecule has 0 N–H and O–H groups in total. The lowest BCUT2D eigenvalue weighted by molar-refractivity contribution is -0.134. The molecule has 0 unspecified atom stereocenters. The molecular formula is C20H19F2NO5. The Morgan fingerprint density at radius 2 is 1.71 bits per heavy atom. The number of benzene rings is 2. The van der Waals surface area contributed by atoms with Crippen LogP contribution in [0.15, 0.2) is 36.4 Å². The summed E-state index contributed by atoms with van der Waals surface area (Å²) >= 11 is 0. The van der Waals surface area contributed by atoms with Crippen molar-refractivity contribution in [1.82, 2.24) is 4.90 Å². The van der Waals surface area contributed by atoms with Crippen molar-refractivity contribution in [2.75, 3.05) is 26.4 Å². The van der Waals surface area contributed by atoms with Gasteiger partial charge in [-0.2, -0.15) is 0 Å². The van der Waals surface area contributed by atoms with Crippen LogP contribution in [0.1, 0.15) is 22.8 Å². The fourth-order valence-corrected chi connectivity index (χ4v) is 2.76. The lowest BCUT2D eigenvalue weighted by Crippen LogP contribution is -2.34. The summed E-state index contributed by atoms with van der Waals surface area (Å²) in [5, 5.41) is 0. The van der Waals surface area contributed by atoms with Crippen molar-refractivity contribution in [3.63, 3.8) is 0 Å². The first-order valence-electron chi connectivity index (χ1n) is 8.75. The second-order valence-electron chi connectivity index (χ2n) is 6.12. The molecule has 0 radical (unpaired) electrons. The SMILES string of the molecule is CCN(Cc1ccc2c(c1)OCCO2)C(=O)COC(=O)c1cc(F)cc(F)c1. The Hall–Kier alpha value is -3.16. The largest absolute Gasteiger partial charge is 0.486 e. The van der Waals surface area contributed by atoms with Crippen molar-refractivity contribution in [3.05, 3.63) is 59.2 Å². The average molecular weight is 391 g/mol. The monoisotopic (exact) mass is 391 g/mol. The van der Waals surface area contributed by atoms with E-state index in [1.54, 1.807) is 19.1 Å². The highest BCUT2D eigenvalue weighted by Gasteiger charge is 2.18. The summed E-state index contributed by atoms with van der Waals surface area (Å²) in [6.07, 6.45) is 0. The highest BCUT2D eigenvalue weighted by atomic mass is 19.1. The molecule has 6 nitrogen and oxygen atoms in total. The number of carbonyl (C=O) groups is 2. The Labute approximate surface area is 160 Å². The Kier molecular flexibility index (Phi) is 6.08. The number of nitrogens with zero attached hydrogens (tertiary/aromatic N) is 1. The molecule has 0 bridgehead atoms. The van der Waals surface area contributed by atoms with Crippen molar-refractivity contribution < 1.29 is 32.6 Å². The van der Waals surface area contributed by atoms with Gasteiger partial charge in [0.15, 0.2) is 18.1 Å². The molecule has 1 aliphatic rings. The third kappa shape index (κ3) is 4.76. The molecule has 1 aliphatic heterocycles. The normalized spacial score (nSPS) is 12.4.